The fourth-order valence-electron chi connectivity index (χ4n) is 9.90. The van der Waals surface area contributed by atoms with E-state index in [4.69, 9.17) is 0 Å². The molecule has 5 aromatic rings. The summed E-state index contributed by atoms with van der Waals surface area (Å²) in [6.45, 7) is 11.5. The van der Waals surface area contributed by atoms with Crippen molar-refractivity contribution in [1.29, 1.82) is 0 Å². The maximum atomic E-state index is 16.5. The van der Waals surface area contributed by atoms with Crippen LogP contribution in [0.2, 0.25) is 0 Å². The largest absolute Gasteiger partial charge is 0.378 e. The lowest BCUT2D eigenvalue weighted by Gasteiger charge is -2.46. The summed E-state index contributed by atoms with van der Waals surface area (Å²) in [5.74, 6) is 0.0609. The predicted octanol–water partition coefficient (Wildman–Crippen LogP) is 9.35. The molecule has 0 fully saturated rings. The summed E-state index contributed by atoms with van der Waals surface area (Å²) in [5.41, 5.74) is 11.8. The van der Waals surface area contributed by atoms with Crippen molar-refractivity contribution >= 4 is 16.5 Å². The molecule has 4 heteroatoms. The number of hydrogen-bond acceptors (Lipinski definition) is 1. The topological polar surface area (TPSA) is 11.0 Å². The van der Waals surface area contributed by atoms with Gasteiger partial charge in [-0.2, -0.15) is 9.13 Å². The Kier molecular flexibility index (Phi) is 6.92. The molecule has 0 saturated carbocycles. The molecular formula is C43H48FN3+2. The third-order valence-corrected chi connectivity index (χ3v) is 12.3. The van der Waals surface area contributed by atoms with E-state index in [1.165, 1.54) is 68.5 Å². The van der Waals surface area contributed by atoms with Gasteiger partial charge in [-0.25, -0.2) is 4.39 Å². The van der Waals surface area contributed by atoms with Gasteiger partial charge in [0, 0.05) is 68.2 Å². The highest BCUT2D eigenvalue weighted by Gasteiger charge is 2.60. The van der Waals surface area contributed by atoms with Crippen LogP contribution >= 0.6 is 0 Å². The second-order valence-electron chi connectivity index (χ2n) is 15.0. The Morgan fingerprint density at radius 3 is 2.47 bits per heavy atom. The van der Waals surface area contributed by atoms with Gasteiger partial charge in [0.05, 0.1) is 16.5 Å². The van der Waals surface area contributed by atoms with E-state index >= 15 is 4.39 Å². The number of halogens is 1. The Hall–Kier alpha value is -4.05. The van der Waals surface area contributed by atoms with Crippen molar-refractivity contribution < 1.29 is 13.5 Å². The Balaban J connectivity index is 1.45. The first kappa shape index (κ1) is 30.3. The summed E-state index contributed by atoms with van der Waals surface area (Å²) >= 11 is 0. The van der Waals surface area contributed by atoms with Crippen LogP contribution in [0.25, 0.3) is 33.3 Å². The van der Waals surface area contributed by atoms with Crippen LogP contribution in [0.4, 0.5) is 10.1 Å². The van der Waals surface area contributed by atoms with Crippen molar-refractivity contribution in [3.05, 3.63) is 113 Å². The molecule has 0 saturated heterocycles. The van der Waals surface area contributed by atoms with Crippen LogP contribution in [0, 0.1) is 5.82 Å². The van der Waals surface area contributed by atoms with Crippen LogP contribution in [-0.4, -0.2) is 14.1 Å². The van der Waals surface area contributed by atoms with Crippen molar-refractivity contribution in [3.63, 3.8) is 0 Å². The average Bonchev–Trinajstić information content (AvgIpc) is 3.08. The molecule has 0 bridgehead atoms. The van der Waals surface area contributed by atoms with Crippen LogP contribution in [-0.2, 0) is 23.8 Å². The van der Waals surface area contributed by atoms with Crippen molar-refractivity contribution in [3.8, 4) is 22.5 Å². The highest BCUT2D eigenvalue weighted by molar-refractivity contribution is 6.02. The average molecular weight is 626 g/mol. The van der Waals surface area contributed by atoms with Crippen molar-refractivity contribution in [2.24, 2.45) is 0 Å². The van der Waals surface area contributed by atoms with Gasteiger partial charge < -0.3 is 4.90 Å². The first-order chi connectivity index (χ1) is 22.7. The molecule has 3 aromatic carbocycles. The minimum atomic E-state index is -0.459. The summed E-state index contributed by atoms with van der Waals surface area (Å²) in [6, 6.07) is 24.8. The summed E-state index contributed by atoms with van der Waals surface area (Å²) in [4.78, 5) is 2.19. The standard InChI is InChI=1S/C43H48FN3/c1-8-11-14-27-17-20-33-37-30(27)22-24-47-41(37)38-31(19-21-34(44)40(38)42(33,4)5)39(43(47,9-2)10-3)36-25-28-16-18-29(45(6)7)26-32(28)35-15-12-13-23-46(35)36/h12-13,15-24,26,36,39H,8-11,14,25H2,1-7H3/q+2. The smallest absolute Gasteiger partial charge is 0.221 e. The number of benzene rings is 3. The molecule has 3 nitrogen and oxygen atoms in total. The normalized spacial score (nSPS) is 19.3. The van der Waals surface area contributed by atoms with Gasteiger partial charge >= 0.3 is 0 Å². The Bertz CT molecular complexity index is 2070. The molecule has 0 radical (unpaired) electrons. The quantitative estimate of drug-likeness (QED) is 0.164. The first-order valence-electron chi connectivity index (χ1n) is 17.8. The molecule has 0 spiro atoms. The summed E-state index contributed by atoms with van der Waals surface area (Å²) in [7, 11) is 4.22. The van der Waals surface area contributed by atoms with Crippen molar-refractivity contribution in [2.45, 2.75) is 96.1 Å². The van der Waals surface area contributed by atoms with E-state index in [9.17, 15) is 0 Å². The molecule has 0 amide bonds. The molecular weight excluding hydrogens is 577 g/mol. The van der Waals surface area contributed by atoms with Gasteiger partial charge in [-0.1, -0.05) is 65.3 Å². The van der Waals surface area contributed by atoms with E-state index < -0.39 is 5.41 Å². The molecule has 3 aliphatic rings. The number of aromatic nitrogens is 2. The number of pyridine rings is 2. The Morgan fingerprint density at radius 1 is 0.915 bits per heavy atom. The van der Waals surface area contributed by atoms with Gasteiger partial charge in [0.1, 0.15) is 11.7 Å². The minimum absolute atomic E-state index is 0.0875. The molecule has 4 heterocycles. The van der Waals surface area contributed by atoms with E-state index in [1.807, 2.05) is 0 Å². The molecule has 2 aromatic heterocycles. The maximum absolute atomic E-state index is 16.5. The summed E-state index contributed by atoms with van der Waals surface area (Å²) in [6.07, 6.45) is 11.0. The molecule has 47 heavy (non-hydrogen) atoms. The first-order valence-corrected chi connectivity index (χ1v) is 17.8. The zero-order valence-corrected chi connectivity index (χ0v) is 29.1. The molecule has 240 valence electrons. The van der Waals surface area contributed by atoms with Crippen molar-refractivity contribution in [2.75, 3.05) is 19.0 Å². The van der Waals surface area contributed by atoms with Crippen molar-refractivity contribution in [1.82, 2.24) is 0 Å². The summed E-state index contributed by atoms with van der Waals surface area (Å²) in [5, 5.41) is 2.69. The highest BCUT2D eigenvalue weighted by atomic mass is 19.1. The number of hydrogen-bond donors (Lipinski definition) is 0. The SMILES string of the molecule is CCCCc1ccc2c3c4[n+](ccc13)C(CC)(CC)C(C1Cc3ccc(N(C)C)cc3-c3cccc[n+]31)c1ccc(F)c(c1-4)C2(C)C. The number of unbranched alkanes of at least 4 members (excludes halogenated alkanes) is 1. The van der Waals surface area contributed by atoms with Crippen LogP contribution in [0.3, 0.4) is 0 Å². The van der Waals surface area contributed by atoms with Gasteiger partial charge in [0.15, 0.2) is 24.0 Å². The number of anilines is 1. The van der Waals surface area contributed by atoms with Crippen LogP contribution < -0.4 is 14.0 Å². The van der Waals surface area contributed by atoms with E-state index in [-0.39, 0.29) is 23.3 Å². The number of nitrogens with zero attached hydrogens (tertiary/aromatic N) is 3. The van der Waals surface area contributed by atoms with Gasteiger partial charge in [-0.3, -0.25) is 0 Å². The highest BCUT2D eigenvalue weighted by Crippen LogP contribution is 2.58. The van der Waals surface area contributed by atoms with E-state index in [0.717, 1.165) is 36.8 Å². The number of rotatable bonds is 7. The van der Waals surface area contributed by atoms with Gasteiger partial charge in [0.2, 0.25) is 11.4 Å². The fraction of sp³-hybridized carbons (Fsp3) is 0.395. The molecule has 0 N–H and O–H groups in total. The Morgan fingerprint density at radius 2 is 1.72 bits per heavy atom. The minimum Gasteiger partial charge on any atom is -0.378 e. The summed E-state index contributed by atoms with van der Waals surface area (Å²) < 4.78 is 21.7. The molecule has 2 atom stereocenters. The van der Waals surface area contributed by atoms with E-state index in [0.29, 0.717) is 0 Å². The zero-order valence-electron chi connectivity index (χ0n) is 29.1. The predicted molar refractivity (Wildman–Crippen MR) is 191 cm³/mol. The van der Waals surface area contributed by atoms with Gasteiger partial charge in [-0.15, -0.1) is 0 Å². The van der Waals surface area contributed by atoms with Gasteiger partial charge in [0.25, 0.3) is 0 Å². The number of fused-ring (bicyclic) bond motifs is 3. The zero-order chi connectivity index (χ0) is 32.8. The maximum Gasteiger partial charge on any atom is 0.221 e. The van der Waals surface area contributed by atoms with Gasteiger partial charge in [-0.05, 0) is 64.7 Å². The Labute approximate surface area is 279 Å². The van der Waals surface area contributed by atoms with Crippen LogP contribution in [0.1, 0.15) is 100 Å². The van der Waals surface area contributed by atoms with Crippen LogP contribution in [0.5, 0.6) is 0 Å². The fourth-order valence-corrected chi connectivity index (χ4v) is 9.90. The second kappa shape index (κ2) is 10.7. The monoisotopic (exact) mass is 625 g/mol. The third-order valence-electron chi connectivity index (χ3n) is 12.3. The number of aryl methyl sites for hydroxylation is 1. The molecule has 2 aliphatic heterocycles. The lowest BCUT2D eigenvalue weighted by Crippen LogP contribution is -2.66. The van der Waals surface area contributed by atoms with E-state index in [2.05, 4.69) is 136 Å². The second-order valence-corrected chi connectivity index (χ2v) is 15.0. The molecule has 1 aliphatic carbocycles. The molecule has 8 rings (SSSR count). The molecule has 2 unspecified atom stereocenters. The van der Waals surface area contributed by atoms with Crippen LogP contribution in [0.15, 0.2) is 79.1 Å². The van der Waals surface area contributed by atoms with E-state index in [1.54, 1.807) is 6.07 Å². The lowest BCUT2D eigenvalue weighted by atomic mass is 9.60. The lowest BCUT2D eigenvalue weighted by molar-refractivity contribution is -0.785. The third kappa shape index (κ3) is 4.03.